The summed E-state index contributed by atoms with van der Waals surface area (Å²) >= 11 is 0. The molecule has 0 spiro atoms. The van der Waals surface area contributed by atoms with Crippen molar-refractivity contribution in [3.63, 3.8) is 0 Å². The van der Waals surface area contributed by atoms with Gasteiger partial charge < -0.3 is 15.1 Å². The molecule has 2 fully saturated rings. The fourth-order valence-electron chi connectivity index (χ4n) is 2.81. The largest absolute Gasteiger partial charge is 0.368 e. The maximum atomic E-state index is 13.0. The summed E-state index contributed by atoms with van der Waals surface area (Å²) < 4.78 is 13.0. The lowest BCUT2D eigenvalue weighted by Crippen LogP contribution is -2.53. The molecule has 1 aliphatic heterocycles. The van der Waals surface area contributed by atoms with E-state index >= 15 is 0 Å². The molecular weight excluding hydrogens is 267 g/mol. The fraction of sp³-hybridized carbons (Fsp3) is 0.562. The summed E-state index contributed by atoms with van der Waals surface area (Å²) in [7, 11) is 1.85. The molecule has 1 N–H and O–H groups in total. The molecule has 114 valence electrons. The summed E-state index contributed by atoms with van der Waals surface area (Å²) in [6, 6.07) is 7.35. The molecule has 21 heavy (non-hydrogen) atoms. The predicted octanol–water partition coefficient (Wildman–Crippen LogP) is 1.93. The minimum Gasteiger partial charge on any atom is -0.368 e. The van der Waals surface area contributed by atoms with E-state index in [9.17, 15) is 4.39 Å². The normalized spacial score (nSPS) is 26.0. The topological polar surface area (TPSA) is 30.9 Å². The third-order valence-corrected chi connectivity index (χ3v) is 4.41. The zero-order chi connectivity index (χ0) is 14.8. The van der Waals surface area contributed by atoms with Crippen LogP contribution in [-0.4, -0.2) is 50.1 Å². The van der Waals surface area contributed by atoms with Crippen LogP contribution in [0.4, 0.5) is 10.1 Å². The second kappa shape index (κ2) is 5.92. The first-order valence-electron chi connectivity index (χ1n) is 7.66. The Kier molecular flexibility index (Phi) is 3.99. The summed E-state index contributed by atoms with van der Waals surface area (Å²) in [6.07, 6.45) is 1.24. The number of nitrogens with one attached hydrogen (secondary N) is 1. The molecule has 1 aromatic carbocycles. The highest BCUT2D eigenvalue weighted by Gasteiger charge is 2.34. The van der Waals surface area contributed by atoms with Crippen molar-refractivity contribution in [1.82, 2.24) is 10.2 Å². The van der Waals surface area contributed by atoms with Crippen LogP contribution in [0.2, 0.25) is 0 Å². The predicted molar refractivity (Wildman–Crippen MR) is 84.2 cm³/mol. The molecule has 2 unspecified atom stereocenters. The van der Waals surface area contributed by atoms with E-state index in [4.69, 9.17) is 0 Å². The molecule has 1 saturated heterocycles. The maximum Gasteiger partial charge on any atom is 0.193 e. The molecule has 1 heterocycles. The molecule has 0 amide bonds. The standard InChI is InChI=1S/C16H23FN4/c1-12-11-15(12)19-16(18-2)21-9-7-20(8-10-21)14-5-3-13(17)4-6-14/h3-6,12,15H,7-11H2,1-2H3,(H,18,19). The molecule has 5 heteroatoms. The first-order valence-corrected chi connectivity index (χ1v) is 7.66. The highest BCUT2D eigenvalue weighted by molar-refractivity contribution is 5.80. The van der Waals surface area contributed by atoms with E-state index in [0.717, 1.165) is 43.7 Å². The maximum absolute atomic E-state index is 13.0. The third-order valence-electron chi connectivity index (χ3n) is 4.41. The van der Waals surface area contributed by atoms with Crippen LogP contribution in [0.3, 0.4) is 0 Å². The van der Waals surface area contributed by atoms with Crippen LogP contribution in [0.5, 0.6) is 0 Å². The number of rotatable bonds is 2. The molecule has 1 aliphatic carbocycles. The molecule has 0 radical (unpaired) electrons. The lowest BCUT2D eigenvalue weighted by atomic mass is 10.2. The molecule has 2 atom stereocenters. The first kappa shape index (κ1) is 14.2. The summed E-state index contributed by atoms with van der Waals surface area (Å²) in [4.78, 5) is 9.00. The van der Waals surface area contributed by atoms with Gasteiger partial charge in [-0.2, -0.15) is 0 Å². The average Bonchev–Trinajstić information content (AvgIpc) is 3.21. The lowest BCUT2D eigenvalue weighted by Gasteiger charge is -2.37. The Bertz CT molecular complexity index is 506. The van der Waals surface area contributed by atoms with Gasteiger partial charge in [0.2, 0.25) is 0 Å². The van der Waals surface area contributed by atoms with E-state index in [1.807, 2.05) is 19.2 Å². The monoisotopic (exact) mass is 290 g/mol. The van der Waals surface area contributed by atoms with Gasteiger partial charge in [0, 0.05) is 45.0 Å². The Hall–Kier alpha value is -1.78. The van der Waals surface area contributed by atoms with Crippen molar-refractivity contribution in [1.29, 1.82) is 0 Å². The molecule has 4 nitrogen and oxygen atoms in total. The number of hydrogen-bond acceptors (Lipinski definition) is 2. The SMILES string of the molecule is CN=C(NC1CC1C)N1CCN(c2ccc(F)cc2)CC1. The van der Waals surface area contributed by atoms with Crippen molar-refractivity contribution >= 4 is 11.6 Å². The quantitative estimate of drug-likeness (QED) is 0.667. The van der Waals surface area contributed by atoms with Gasteiger partial charge in [0.1, 0.15) is 5.82 Å². The smallest absolute Gasteiger partial charge is 0.193 e. The number of halogens is 1. The average molecular weight is 290 g/mol. The molecule has 0 aromatic heterocycles. The Morgan fingerprint density at radius 1 is 1.19 bits per heavy atom. The molecule has 1 aromatic rings. The second-order valence-electron chi connectivity index (χ2n) is 5.96. The molecule has 2 aliphatic rings. The van der Waals surface area contributed by atoms with E-state index in [1.54, 1.807) is 0 Å². The fourth-order valence-corrected chi connectivity index (χ4v) is 2.81. The molecular formula is C16H23FN4. The zero-order valence-electron chi connectivity index (χ0n) is 12.7. The van der Waals surface area contributed by atoms with E-state index in [2.05, 4.69) is 27.0 Å². The van der Waals surface area contributed by atoms with Crippen molar-refractivity contribution in [2.45, 2.75) is 19.4 Å². The van der Waals surface area contributed by atoms with E-state index in [0.29, 0.717) is 6.04 Å². The van der Waals surface area contributed by atoms with E-state index < -0.39 is 0 Å². The van der Waals surface area contributed by atoms with Gasteiger partial charge >= 0.3 is 0 Å². The summed E-state index contributed by atoms with van der Waals surface area (Å²) in [6.45, 7) is 6.02. The van der Waals surface area contributed by atoms with Crippen LogP contribution in [0, 0.1) is 11.7 Å². The minimum absolute atomic E-state index is 0.180. The van der Waals surface area contributed by atoms with Crippen LogP contribution in [0.1, 0.15) is 13.3 Å². The summed E-state index contributed by atoms with van der Waals surface area (Å²) in [5, 5.41) is 3.53. The third kappa shape index (κ3) is 3.28. The second-order valence-corrected chi connectivity index (χ2v) is 5.96. The number of hydrogen-bond donors (Lipinski definition) is 1. The van der Waals surface area contributed by atoms with Gasteiger partial charge in [0.15, 0.2) is 5.96 Å². The van der Waals surface area contributed by atoms with Crippen LogP contribution in [0.25, 0.3) is 0 Å². The van der Waals surface area contributed by atoms with Gasteiger partial charge in [-0.05, 0) is 36.6 Å². The molecule has 1 saturated carbocycles. The molecule has 0 bridgehead atoms. The van der Waals surface area contributed by atoms with Gasteiger partial charge in [-0.15, -0.1) is 0 Å². The number of aliphatic imine (C=N–C) groups is 1. The Morgan fingerprint density at radius 3 is 2.33 bits per heavy atom. The number of piperazine rings is 1. The Balaban J connectivity index is 1.55. The van der Waals surface area contributed by atoms with Crippen LogP contribution in [-0.2, 0) is 0 Å². The highest BCUT2D eigenvalue weighted by atomic mass is 19.1. The molecule has 3 rings (SSSR count). The van der Waals surface area contributed by atoms with Gasteiger partial charge in [-0.1, -0.05) is 6.92 Å². The number of benzene rings is 1. The van der Waals surface area contributed by atoms with Crippen molar-refractivity contribution in [2.75, 3.05) is 38.1 Å². The summed E-state index contributed by atoms with van der Waals surface area (Å²) in [5.74, 6) is 1.60. The first-order chi connectivity index (χ1) is 10.2. The lowest BCUT2D eigenvalue weighted by molar-refractivity contribution is 0.371. The van der Waals surface area contributed by atoms with Crippen molar-refractivity contribution in [3.05, 3.63) is 30.1 Å². The highest BCUT2D eigenvalue weighted by Crippen LogP contribution is 2.29. The number of guanidine groups is 1. The number of anilines is 1. The Labute approximate surface area is 125 Å². The van der Waals surface area contributed by atoms with Crippen molar-refractivity contribution in [2.24, 2.45) is 10.9 Å². The van der Waals surface area contributed by atoms with E-state index in [1.165, 1.54) is 18.6 Å². The van der Waals surface area contributed by atoms with Crippen molar-refractivity contribution in [3.8, 4) is 0 Å². The van der Waals surface area contributed by atoms with Crippen molar-refractivity contribution < 1.29 is 4.39 Å². The number of nitrogens with zero attached hydrogens (tertiary/aromatic N) is 3. The summed E-state index contributed by atoms with van der Waals surface area (Å²) in [5.41, 5.74) is 1.09. The van der Waals surface area contributed by atoms with Crippen LogP contribution >= 0.6 is 0 Å². The van der Waals surface area contributed by atoms with Gasteiger partial charge in [0.05, 0.1) is 0 Å². The van der Waals surface area contributed by atoms with Gasteiger partial charge in [-0.3, -0.25) is 4.99 Å². The zero-order valence-corrected chi connectivity index (χ0v) is 12.7. The minimum atomic E-state index is -0.180. The van der Waals surface area contributed by atoms with Crippen LogP contribution in [0.15, 0.2) is 29.3 Å². The van der Waals surface area contributed by atoms with Crippen LogP contribution < -0.4 is 10.2 Å². The van der Waals surface area contributed by atoms with Gasteiger partial charge in [0.25, 0.3) is 0 Å². The van der Waals surface area contributed by atoms with Gasteiger partial charge in [-0.25, -0.2) is 4.39 Å². The van der Waals surface area contributed by atoms with E-state index in [-0.39, 0.29) is 5.82 Å². The Morgan fingerprint density at radius 2 is 1.81 bits per heavy atom.